The molecule has 49 heavy (non-hydrogen) atoms. The predicted octanol–water partition coefficient (Wildman–Crippen LogP) is 5.25. The molecule has 0 spiro atoms. The predicted molar refractivity (Wildman–Crippen MR) is 196 cm³/mol. The number of benzene rings is 6. The first-order chi connectivity index (χ1) is 23.0. The molecule has 0 aromatic heterocycles. The second-order valence-electron chi connectivity index (χ2n) is 15.2. The average Bonchev–Trinajstić information content (AvgIpc) is 3.07. The summed E-state index contributed by atoms with van der Waals surface area (Å²) < 4.78 is 28.4. The zero-order valence-corrected chi connectivity index (χ0v) is 30.3. The highest BCUT2D eigenvalue weighted by Gasteiger charge is 2.43. The van der Waals surface area contributed by atoms with Gasteiger partial charge in [-0.15, -0.1) is 0 Å². The van der Waals surface area contributed by atoms with Crippen LogP contribution in [0.25, 0.3) is 32.3 Å². The van der Waals surface area contributed by atoms with E-state index in [1.165, 1.54) is 21.5 Å². The number of rotatable bonds is 12. The van der Waals surface area contributed by atoms with Gasteiger partial charge in [-0.25, -0.2) is 0 Å². The summed E-state index contributed by atoms with van der Waals surface area (Å²) in [6, 6.07) is 34.0. The monoisotopic (exact) mass is 679 g/mol. The summed E-state index contributed by atoms with van der Waals surface area (Å²) >= 11 is 0. The van der Waals surface area contributed by atoms with Gasteiger partial charge in [-0.2, -0.15) is 0 Å². The summed E-state index contributed by atoms with van der Waals surface area (Å²) in [5, 5.41) is 6.96. The van der Waals surface area contributed by atoms with E-state index >= 15 is 0 Å². The van der Waals surface area contributed by atoms with Gasteiger partial charge in [0.1, 0.15) is 18.1 Å². The van der Waals surface area contributed by atoms with Crippen LogP contribution in [0.1, 0.15) is 24.0 Å². The van der Waals surface area contributed by atoms with Crippen LogP contribution in [-0.2, 0) is 5.60 Å². The molecule has 0 atom stereocenters. The minimum absolute atomic E-state index is 0. The van der Waals surface area contributed by atoms with Crippen molar-refractivity contribution in [3.05, 3.63) is 108 Å². The molecule has 0 bridgehead atoms. The highest BCUT2D eigenvalue weighted by atomic mass is 35.5. The van der Waals surface area contributed by atoms with Gasteiger partial charge in [-0.3, -0.25) is 0 Å². The van der Waals surface area contributed by atoms with E-state index in [2.05, 4.69) is 139 Å². The van der Waals surface area contributed by atoms with Gasteiger partial charge >= 0.3 is 0 Å². The molecule has 0 saturated heterocycles. The zero-order valence-electron chi connectivity index (χ0n) is 29.6. The van der Waals surface area contributed by atoms with Crippen molar-refractivity contribution in [1.29, 1.82) is 0 Å². The van der Waals surface area contributed by atoms with E-state index in [4.69, 9.17) is 18.9 Å². The molecule has 7 heteroatoms. The topological polar surface area (TPSA) is 36.9 Å². The van der Waals surface area contributed by atoms with Gasteiger partial charge in [0.2, 0.25) is 0 Å². The van der Waals surface area contributed by atoms with Gasteiger partial charge in [0.15, 0.2) is 17.1 Å². The third-order valence-electron chi connectivity index (χ3n) is 9.40. The van der Waals surface area contributed by atoms with E-state index in [9.17, 15) is 0 Å². The molecule has 6 aromatic rings. The molecule has 0 amide bonds. The highest BCUT2D eigenvalue weighted by Crippen LogP contribution is 2.53. The Labute approximate surface area is 296 Å². The standard InChI is InChI=1S/C42H48N2O4.ClH/c1-43(2,3)25-9-27-45-34-21-17-32(18-22-34)42(33-19-23-35(24-20-33)46-28-10-26-44(4,5)6)29-47-40-36-13-7-11-30-15-16-31-12-8-14-37(41(40)48-42)39(31)38(30)36;/h7-8,11-24H,9-10,25-29H2,1-6H3;1H/q+2;/p-1. The van der Waals surface area contributed by atoms with Gasteiger partial charge in [0, 0.05) is 45.5 Å². The third-order valence-corrected chi connectivity index (χ3v) is 9.40. The summed E-state index contributed by atoms with van der Waals surface area (Å²) in [5.74, 6) is 3.29. The fraction of sp³-hybridized carbons (Fsp3) is 0.333. The van der Waals surface area contributed by atoms with E-state index in [1.807, 2.05) is 0 Å². The fourth-order valence-electron chi connectivity index (χ4n) is 6.95. The lowest BCUT2D eigenvalue weighted by Crippen LogP contribution is -3.00. The van der Waals surface area contributed by atoms with E-state index in [0.29, 0.717) is 19.8 Å². The smallest absolute Gasteiger partial charge is 0.193 e. The molecule has 0 fully saturated rings. The van der Waals surface area contributed by atoms with Crippen molar-refractivity contribution in [3.8, 4) is 23.0 Å². The Balaban J connectivity index is 0.00000417. The van der Waals surface area contributed by atoms with Crippen molar-refractivity contribution in [2.45, 2.75) is 18.4 Å². The molecule has 0 unspecified atom stereocenters. The Hall–Kier alpha value is -4.23. The molecule has 256 valence electrons. The summed E-state index contributed by atoms with van der Waals surface area (Å²) in [6.45, 7) is 3.81. The van der Waals surface area contributed by atoms with Crippen LogP contribution in [0.15, 0.2) is 97.1 Å². The largest absolute Gasteiger partial charge is 1.00 e. The Morgan fingerprint density at radius 3 is 1.47 bits per heavy atom. The first kappa shape index (κ1) is 34.6. The van der Waals surface area contributed by atoms with Crippen LogP contribution in [0.4, 0.5) is 0 Å². The fourth-order valence-corrected chi connectivity index (χ4v) is 6.95. The molecular formula is C42H48ClN2O4+. The number of hydrogen-bond donors (Lipinski definition) is 0. The molecule has 1 aliphatic rings. The number of halogens is 1. The van der Waals surface area contributed by atoms with Gasteiger partial charge in [0.25, 0.3) is 0 Å². The molecule has 0 N–H and O–H groups in total. The zero-order chi connectivity index (χ0) is 33.5. The van der Waals surface area contributed by atoms with Crippen LogP contribution in [0.5, 0.6) is 23.0 Å². The second-order valence-corrected chi connectivity index (χ2v) is 15.2. The van der Waals surface area contributed by atoms with E-state index in [0.717, 1.165) is 79.8 Å². The normalized spacial score (nSPS) is 14.2. The highest BCUT2D eigenvalue weighted by molar-refractivity contribution is 6.26. The summed E-state index contributed by atoms with van der Waals surface area (Å²) in [5.41, 5.74) is 1.13. The molecule has 0 radical (unpaired) electrons. The maximum atomic E-state index is 7.35. The number of ether oxygens (including phenoxy) is 4. The first-order valence-corrected chi connectivity index (χ1v) is 17.1. The SMILES string of the molecule is C[N+](C)(C)CCCOc1ccc(C2(c3ccc(OCCC[N+](C)(C)C)cc3)COc3c(c4cccc5ccc6cccc3c6c54)O2)cc1.[Cl-]. The van der Waals surface area contributed by atoms with Crippen molar-refractivity contribution >= 4 is 32.3 Å². The van der Waals surface area contributed by atoms with Crippen LogP contribution in [0, 0.1) is 0 Å². The van der Waals surface area contributed by atoms with E-state index in [-0.39, 0.29) is 12.4 Å². The lowest BCUT2D eigenvalue weighted by atomic mass is 9.85. The molecule has 0 saturated carbocycles. The number of quaternary nitrogens is 2. The lowest BCUT2D eigenvalue weighted by molar-refractivity contribution is -0.870. The van der Waals surface area contributed by atoms with Gasteiger partial charge < -0.3 is 40.3 Å². The van der Waals surface area contributed by atoms with Gasteiger partial charge in [-0.05, 0) is 35.0 Å². The Kier molecular flexibility index (Phi) is 9.60. The van der Waals surface area contributed by atoms with Crippen LogP contribution in [0.2, 0.25) is 0 Å². The van der Waals surface area contributed by atoms with Gasteiger partial charge in [-0.1, -0.05) is 72.8 Å². The van der Waals surface area contributed by atoms with E-state index in [1.54, 1.807) is 0 Å². The molecule has 6 aromatic carbocycles. The maximum Gasteiger partial charge on any atom is 0.193 e. The number of hydrogen-bond acceptors (Lipinski definition) is 4. The van der Waals surface area contributed by atoms with Gasteiger partial charge in [0.05, 0.1) is 68.6 Å². The molecular weight excluding hydrogens is 632 g/mol. The summed E-state index contributed by atoms with van der Waals surface area (Å²) in [7, 11) is 13.2. The average molecular weight is 680 g/mol. The van der Waals surface area contributed by atoms with Crippen LogP contribution in [0.3, 0.4) is 0 Å². The first-order valence-electron chi connectivity index (χ1n) is 17.1. The Bertz CT molecular complexity index is 1960. The molecule has 6 nitrogen and oxygen atoms in total. The van der Waals surface area contributed by atoms with Crippen molar-refractivity contribution < 1.29 is 40.3 Å². The minimum Gasteiger partial charge on any atom is -1.00 e. The summed E-state index contributed by atoms with van der Waals surface area (Å²) in [4.78, 5) is 0. The van der Waals surface area contributed by atoms with Crippen molar-refractivity contribution in [2.24, 2.45) is 0 Å². The van der Waals surface area contributed by atoms with Crippen molar-refractivity contribution in [1.82, 2.24) is 0 Å². The minimum atomic E-state index is -0.883. The molecule has 1 heterocycles. The Morgan fingerprint density at radius 1 is 0.571 bits per heavy atom. The number of nitrogens with zero attached hydrogens (tertiary/aromatic N) is 2. The van der Waals surface area contributed by atoms with Crippen molar-refractivity contribution in [3.63, 3.8) is 0 Å². The van der Waals surface area contributed by atoms with Crippen LogP contribution < -0.4 is 31.4 Å². The van der Waals surface area contributed by atoms with Crippen LogP contribution >= 0.6 is 0 Å². The van der Waals surface area contributed by atoms with E-state index < -0.39 is 5.60 Å². The second kappa shape index (κ2) is 13.6. The molecule has 0 aliphatic carbocycles. The molecule has 7 rings (SSSR count). The number of fused-ring (bicyclic) bond motifs is 3. The van der Waals surface area contributed by atoms with Crippen molar-refractivity contribution in [2.75, 3.05) is 75.2 Å². The maximum absolute atomic E-state index is 7.35. The third kappa shape index (κ3) is 7.09. The molecule has 1 aliphatic heterocycles. The van der Waals surface area contributed by atoms with Crippen LogP contribution in [-0.4, -0.2) is 84.2 Å². The Morgan fingerprint density at radius 2 is 1.02 bits per heavy atom. The lowest BCUT2D eigenvalue weighted by Gasteiger charge is -2.40. The quantitative estimate of drug-likeness (QED) is 0.101. The summed E-state index contributed by atoms with van der Waals surface area (Å²) in [6.07, 6.45) is 1.99.